The number of aromatic nitrogens is 1. The van der Waals surface area contributed by atoms with Gasteiger partial charge in [-0.05, 0) is 25.9 Å². The lowest BCUT2D eigenvalue weighted by atomic mass is 10.4. The molecule has 1 aromatic heterocycles. The van der Waals surface area contributed by atoms with Gasteiger partial charge in [-0.15, -0.1) is 0 Å². The van der Waals surface area contributed by atoms with Gasteiger partial charge in [-0.25, -0.2) is 9.78 Å². The summed E-state index contributed by atoms with van der Waals surface area (Å²) < 4.78 is 0. The number of thiazole rings is 1. The fraction of sp³-hybridized carbons (Fsp3) is 0.636. The lowest BCUT2D eigenvalue weighted by Crippen LogP contribution is -2.31. The van der Waals surface area contributed by atoms with Crippen molar-refractivity contribution in [2.45, 2.75) is 12.8 Å². The SMILES string of the molecule is CN(CCN1CCCC1)c1nc(Cl)c(C(=O)O)s1. The maximum Gasteiger partial charge on any atom is 0.349 e. The number of halogens is 1. The summed E-state index contributed by atoms with van der Waals surface area (Å²) in [5, 5.41) is 9.67. The average Bonchev–Trinajstić information content (AvgIpc) is 2.94. The smallest absolute Gasteiger partial charge is 0.349 e. The molecule has 1 aromatic rings. The molecular weight excluding hydrogens is 274 g/mol. The first-order valence-electron chi connectivity index (χ1n) is 5.91. The number of likely N-dealkylation sites (tertiary alicyclic amines) is 1. The lowest BCUT2D eigenvalue weighted by molar-refractivity contribution is 0.0702. The molecule has 1 fully saturated rings. The summed E-state index contributed by atoms with van der Waals surface area (Å²) in [4.78, 5) is 19.4. The van der Waals surface area contributed by atoms with Crippen LogP contribution in [0, 0.1) is 0 Å². The molecule has 0 atom stereocenters. The number of hydrogen-bond acceptors (Lipinski definition) is 5. The number of nitrogens with zero attached hydrogens (tertiary/aromatic N) is 3. The minimum Gasteiger partial charge on any atom is -0.477 e. The Hall–Kier alpha value is -0.850. The lowest BCUT2D eigenvalue weighted by Gasteiger charge is -2.20. The largest absolute Gasteiger partial charge is 0.477 e. The number of rotatable bonds is 5. The molecule has 0 amide bonds. The van der Waals surface area contributed by atoms with Crippen molar-refractivity contribution >= 4 is 34.0 Å². The summed E-state index contributed by atoms with van der Waals surface area (Å²) in [5.41, 5.74) is 0. The number of likely N-dealkylation sites (N-methyl/N-ethyl adjacent to an activating group) is 1. The van der Waals surface area contributed by atoms with E-state index in [1.165, 1.54) is 12.8 Å². The van der Waals surface area contributed by atoms with Gasteiger partial charge in [0.25, 0.3) is 0 Å². The zero-order chi connectivity index (χ0) is 13.1. The van der Waals surface area contributed by atoms with Gasteiger partial charge in [0.2, 0.25) is 0 Å². The Balaban J connectivity index is 1.93. The van der Waals surface area contributed by atoms with Crippen LogP contribution in [-0.2, 0) is 0 Å². The zero-order valence-electron chi connectivity index (χ0n) is 10.2. The van der Waals surface area contributed by atoms with E-state index in [1.54, 1.807) is 0 Å². The molecule has 0 bridgehead atoms. The third-order valence-electron chi connectivity index (χ3n) is 3.05. The molecule has 0 radical (unpaired) electrons. The second-order valence-electron chi connectivity index (χ2n) is 4.39. The van der Waals surface area contributed by atoms with Gasteiger partial charge in [-0.1, -0.05) is 22.9 Å². The van der Waals surface area contributed by atoms with Crippen LogP contribution in [-0.4, -0.2) is 54.2 Å². The van der Waals surface area contributed by atoms with Gasteiger partial charge < -0.3 is 14.9 Å². The number of carbonyl (C=O) groups is 1. The third-order valence-corrected chi connectivity index (χ3v) is 4.59. The van der Waals surface area contributed by atoms with Crippen molar-refractivity contribution < 1.29 is 9.90 Å². The first-order chi connectivity index (χ1) is 8.58. The number of hydrogen-bond donors (Lipinski definition) is 1. The van der Waals surface area contributed by atoms with Crippen LogP contribution in [0.3, 0.4) is 0 Å². The monoisotopic (exact) mass is 289 g/mol. The van der Waals surface area contributed by atoms with Crippen molar-refractivity contribution in [1.82, 2.24) is 9.88 Å². The summed E-state index contributed by atoms with van der Waals surface area (Å²) in [5.74, 6) is -1.02. The predicted molar refractivity (Wildman–Crippen MR) is 73.0 cm³/mol. The molecule has 0 aromatic carbocycles. The van der Waals surface area contributed by atoms with Gasteiger partial charge in [0, 0.05) is 20.1 Å². The molecule has 0 aliphatic carbocycles. The quantitative estimate of drug-likeness (QED) is 0.899. The highest BCUT2D eigenvalue weighted by Crippen LogP contribution is 2.28. The molecule has 0 unspecified atom stereocenters. The third kappa shape index (κ3) is 3.13. The van der Waals surface area contributed by atoms with Crippen LogP contribution in [0.4, 0.5) is 5.13 Å². The number of anilines is 1. The van der Waals surface area contributed by atoms with Gasteiger partial charge in [-0.3, -0.25) is 0 Å². The normalized spacial score (nSPS) is 16.1. The van der Waals surface area contributed by atoms with Crippen molar-refractivity contribution in [3.05, 3.63) is 10.0 Å². The molecule has 1 saturated heterocycles. The van der Waals surface area contributed by atoms with Gasteiger partial charge in [-0.2, -0.15) is 0 Å². The average molecular weight is 290 g/mol. The molecule has 1 aliphatic heterocycles. The van der Waals surface area contributed by atoms with E-state index in [2.05, 4.69) is 9.88 Å². The van der Waals surface area contributed by atoms with Crippen molar-refractivity contribution in [2.75, 3.05) is 38.1 Å². The highest BCUT2D eigenvalue weighted by atomic mass is 35.5. The Kier molecular flexibility index (Phi) is 4.42. The molecule has 1 aliphatic rings. The van der Waals surface area contributed by atoms with Crippen LogP contribution in [0.25, 0.3) is 0 Å². The Morgan fingerprint density at radius 3 is 2.78 bits per heavy atom. The Morgan fingerprint density at radius 1 is 1.56 bits per heavy atom. The van der Waals surface area contributed by atoms with E-state index in [4.69, 9.17) is 16.7 Å². The van der Waals surface area contributed by atoms with E-state index in [9.17, 15) is 4.79 Å². The first kappa shape index (κ1) is 13.6. The molecular formula is C11H16ClN3O2S. The second-order valence-corrected chi connectivity index (χ2v) is 5.73. The van der Waals surface area contributed by atoms with Crippen LogP contribution in [0.1, 0.15) is 22.5 Å². The van der Waals surface area contributed by atoms with Crippen molar-refractivity contribution in [3.63, 3.8) is 0 Å². The molecule has 2 heterocycles. The Labute approximate surface area is 115 Å². The number of aromatic carboxylic acids is 1. The minimum atomic E-state index is -1.02. The van der Waals surface area contributed by atoms with Gasteiger partial charge in [0.15, 0.2) is 15.2 Å². The first-order valence-corrected chi connectivity index (χ1v) is 7.10. The molecule has 0 saturated carbocycles. The molecule has 7 heteroatoms. The Bertz CT molecular complexity index is 432. The second kappa shape index (κ2) is 5.86. The highest BCUT2D eigenvalue weighted by molar-refractivity contribution is 7.18. The maximum atomic E-state index is 10.9. The van der Waals surface area contributed by atoms with E-state index in [1.807, 2.05) is 11.9 Å². The van der Waals surface area contributed by atoms with Crippen LogP contribution in [0.5, 0.6) is 0 Å². The summed E-state index contributed by atoms with van der Waals surface area (Å²) in [7, 11) is 1.91. The molecule has 100 valence electrons. The standard InChI is InChI=1S/C11H16ClN3O2S/c1-14(6-7-15-4-2-3-5-15)11-13-9(12)8(18-11)10(16)17/h2-7H2,1H3,(H,16,17). The van der Waals surface area contributed by atoms with Crippen LogP contribution < -0.4 is 4.90 Å². The number of carboxylic acids is 1. The van der Waals surface area contributed by atoms with E-state index in [0.29, 0.717) is 5.13 Å². The highest BCUT2D eigenvalue weighted by Gasteiger charge is 2.18. The molecule has 5 nitrogen and oxygen atoms in total. The maximum absolute atomic E-state index is 10.9. The number of carboxylic acid groups (broad SMARTS) is 1. The van der Waals surface area contributed by atoms with Gasteiger partial charge in [0.05, 0.1) is 0 Å². The van der Waals surface area contributed by atoms with Crippen molar-refractivity contribution in [2.24, 2.45) is 0 Å². The van der Waals surface area contributed by atoms with Gasteiger partial charge in [0.1, 0.15) is 0 Å². The van der Waals surface area contributed by atoms with E-state index < -0.39 is 5.97 Å². The fourth-order valence-corrected chi connectivity index (χ4v) is 3.09. The summed E-state index contributed by atoms with van der Waals surface area (Å²) in [6.07, 6.45) is 2.55. The minimum absolute atomic E-state index is 0.0792. The summed E-state index contributed by atoms with van der Waals surface area (Å²) in [6, 6.07) is 0. The summed E-state index contributed by atoms with van der Waals surface area (Å²) in [6.45, 7) is 4.14. The summed E-state index contributed by atoms with van der Waals surface area (Å²) >= 11 is 6.92. The zero-order valence-corrected chi connectivity index (χ0v) is 11.8. The predicted octanol–water partition coefficient (Wildman–Crippen LogP) is 2.03. The van der Waals surface area contributed by atoms with Crippen LogP contribution >= 0.6 is 22.9 Å². The topological polar surface area (TPSA) is 56.7 Å². The molecule has 18 heavy (non-hydrogen) atoms. The van der Waals surface area contributed by atoms with Crippen molar-refractivity contribution in [1.29, 1.82) is 0 Å². The van der Waals surface area contributed by atoms with E-state index in [-0.39, 0.29) is 10.0 Å². The molecule has 1 N–H and O–H groups in total. The van der Waals surface area contributed by atoms with E-state index in [0.717, 1.165) is 37.5 Å². The van der Waals surface area contributed by atoms with Crippen LogP contribution in [0.2, 0.25) is 5.15 Å². The fourth-order valence-electron chi connectivity index (χ4n) is 1.98. The molecule has 2 rings (SSSR count). The van der Waals surface area contributed by atoms with Gasteiger partial charge >= 0.3 is 5.97 Å². The van der Waals surface area contributed by atoms with E-state index >= 15 is 0 Å². The molecule has 0 spiro atoms. The van der Waals surface area contributed by atoms with Crippen molar-refractivity contribution in [3.8, 4) is 0 Å². The van der Waals surface area contributed by atoms with Crippen LogP contribution in [0.15, 0.2) is 0 Å². The Morgan fingerprint density at radius 2 is 2.22 bits per heavy atom.